The summed E-state index contributed by atoms with van der Waals surface area (Å²) in [5.41, 5.74) is 2.14. The highest BCUT2D eigenvalue weighted by molar-refractivity contribution is 5.78. The Balaban J connectivity index is 1.66. The zero-order valence-electron chi connectivity index (χ0n) is 20.5. The van der Waals surface area contributed by atoms with E-state index in [4.69, 9.17) is 4.98 Å². The number of fused-ring (bicyclic) bond motifs is 1. The first-order chi connectivity index (χ1) is 15.4. The number of likely N-dealkylation sites (N-methyl/N-ethyl adjacent to an activating group) is 1. The summed E-state index contributed by atoms with van der Waals surface area (Å²) in [6, 6.07) is 7.26. The molecule has 32 heavy (non-hydrogen) atoms. The van der Waals surface area contributed by atoms with Gasteiger partial charge >= 0.3 is 0 Å². The molecule has 7 heteroatoms. The van der Waals surface area contributed by atoms with Gasteiger partial charge in [0, 0.05) is 64.9 Å². The predicted molar refractivity (Wildman–Crippen MR) is 131 cm³/mol. The van der Waals surface area contributed by atoms with Crippen molar-refractivity contribution in [2.75, 3.05) is 46.3 Å². The van der Waals surface area contributed by atoms with E-state index >= 15 is 0 Å². The van der Waals surface area contributed by atoms with Gasteiger partial charge in [0.15, 0.2) is 0 Å². The number of rotatable bonds is 6. The van der Waals surface area contributed by atoms with Gasteiger partial charge in [0.1, 0.15) is 5.82 Å². The lowest BCUT2D eigenvalue weighted by Gasteiger charge is -2.41. The maximum absolute atomic E-state index is 13.3. The Bertz CT molecular complexity index is 970. The largest absolute Gasteiger partial charge is 0.309 e. The Kier molecular flexibility index (Phi) is 7.30. The molecule has 0 spiro atoms. The molecule has 2 aliphatic rings. The zero-order valence-corrected chi connectivity index (χ0v) is 20.5. The van der Waals surface area contributed by atoms with E-state index in [1.807, 2.05) is 13.1 Å². The van der Waals surface area contributed by atoms with Crippen molar-refractivity contribution in [2.45, 2.75) is 58.3 Å². The van der Waals surface area contributed by atoms with Gasteiger partial charge in [0.05, 0.1) is 16.9 Å². The molecule has 0 radical (unpaired) electrons. The highest BCUT2D eigenvalue weighted by atomic mass is 16.1. The summed E-state index contributed by atoms with van der Waals surface area (Å²) in [7, 11) is 4.07. The van der Waals surface area contributed by atoms with Crippen LogP contribution in [0.15, 0.2) is 23.0 Å². The molecule has 1 aromatic carbocycles. The van der Waals surface area contributed by atoms with Gasteiger partial charge in [-0.1, -0.05) is 19.4 Å². The SMILES string of the molecule is CCCC(c1nc2cc(CN3CCN(C)CC3)ccc2c(=O)n1C)N1C[C@@H](C)N[C@@H](C)C1. The van der Waals surface area contributed by atoms with Crippen LogP contribution in [0.1, 0.15) is 51.0 Å². The van der Waals surface area contributed by atoms with Gasteiger partial charge in [-0.05, 0) is 45.0 Å². The summed E-state index contributed by atoms with van der Waals surface area (Å²) in [5.74, 6) is 0.905. The summed E-state index contributed by atoms with van der Waals surface area (Å²) < 4.78 is 1.79. The van der Waals surface area contributed by atoms with Crippen molar-refractivity contribution >= 4 is 10.9 Å². The molecular formula is C25H40N6O. The fourth-order valence-corrected chi connectivity index (χ4v) is 5.37. The molecule has 3 atom stereocenters. The van der Waals surface area contributed by atoms with Crippen LogP contribution in [0.3, 0.4) is 0 Å². The van der Waals surface area contributed by atoms with Gasteiger partial charge in [0.2, 0.25) is 0 Å². The van der Waals surface area contributed by atoms with E-state index in [-0.39, 0.29) is 11.6 Å². The number of hydrogen-bond acceptors (Lipinski definition) is 6. The van der Waals surface area contributed by atoms with Crippen molar-refractivity contribution in [3.63, 3.8) is 0 Å². The van der Waals surface area contributed by atoms with Crippen LogP contribution in [0.2, 0.25) is 0 Å². The second kappa shape index (κ2) is 10.00. The van der Waals surface area contributed by atoms with Crippen molar-refractivity contribution in [3.8, 4) is 0 Å². The molecule has 4 rings (SSSR count). The molecule has 0 aliphatic carbocycles. The van der Waals surface area contributed by atoms with Crippen LogP contribution < -0.4 is 10.9 Å². The number of benzene rings is 1. The lowest BCUT2D eigenvalue weighted by molar-refractivity contribution is 0.109. The summed E-state index contributed by atoms with van der Waals surface area (Å²) in [6.07, 6.45) is 2.07. The predicted octanol–water partition coefficient (Wildman–Crippen LogP) is 2.20. The molecule has 0 saturated carbocycles. The number of nitrogens with one attached hydrogen (secondary N) is 1. The standard InChI is InChI=1S/C25H40N6O/c1-6-7-23(31-15-18(2)26-19(3)16-31)24-27-22-14-20(8-9-21(22)25(32)29(24)5)17-30-12-10-28(4)11-13-30/h8-9,14,18-19,23,26H,6-7,10-13,15-17H2,1-5H3/t18-,19+,23?. The molecule has 1 unspecified atom stereocenters. The van der Waals surface area contributed by atoms with E-state index in [0.717, 1.165) is 75.4 Å². The van der Waals surface area contributed by atoms with Crippen LogP contribution in [-0.4, -0.2) is 82.7 Å². The van der Waals surface area contributed by atoms with E-state index in [0.29, 0.717) is 12.1 Å². The molecule has 0 bridgehead atoms. The van der Waals surface area contributed by atoms with E-state index in [1.54, 1.807) is 4.57 Å². The Labute approximate surface area is 192 Å². The van der Waals surface area contributed by atoms with Crippen molar-refractivity contribution < 1.29 is 0 Å². The monoisotopic (exact) mass is 440 g/mol. The van der Waals surface area contributed by atoms with Crippen LogP contribution in [0, 0.1) is 0 Å². The van der Waals surface area contributed by atoms with Crippen LogP contribution in [0.25, 0.3) is 10.9 Å². The van der Waals surface area contributed by atoms with Crippen LogP contribution in [0.4, 0.5) is 0 Å². The van der Waals surface area contributed by atoms with E-state index in [1.165, 1.54) is 5.56 Å². The van der Waals surface area contributed by atoms with Gasteiger partial charge in [-0.25, -0.2) is 4.98 Å². The molecule has 2 saturated heterocycles. The number of hydrogen-bond donors (Lipinski definition) is 1. The molecule has 7 nitrogen and oxygen atoms in total. The lowest BCUT2D eigenvalue weighted by Crippen LogP contribution is -2.55. The van der Waals surface area contributed by atoms with E-state index in [2.05, 4.69) is 60.0 Å². The van der Waals surface area contributed by atoms with E-state index < -0.39 is 0 Å². The molecule has 1 N–H and O–H groups in total. The highest BCUT2D eigenvalue weighted by Crippen LogP contribution is 2.27. The van der Waals surface area contributed by atoms with Gasteiger partial charge in [-0.3, -0.25) is 19.2 Å². The second-order valence-electron chi connectivity index (χ2n) is 9.99. The summed E-state index contributed by atoms with van der Waals surface area (Å²) in [6.45, 7) is 14.0. The lowest BCUT2D eigenvalue weighted by atomic mass is 10.0. The Hall–Kier alpha value is -1.80. The van der Waals surface area contributed by atoms with Gasteiger partial charge in [0.25, 0.3) is 5.56 Å². The van der Waals surface area contributed by atoms with Crippen molar-refractivity contribution in [3.05, 3.63) is 39.9 Å². The third kappa shape index (κ3) is 5.06. The molecule has 176 valence electrons. The average molecular weight is 441 g/mol. The minimum atomic E-state index is 0.0634. The number of aromatic nitrogens is 2. The smallest absolute Gasteiger partial charge is 0.261 e. The fourth-order valence-electron chi connectivity index (χ4n) is 5.37. The third-order valence-corrected chi connectivity index (χ3v) is 7.06. The normalized spacial score (nSPS) is 24.8. The van der Waals surface area contributed by atoms with Crippen molar-refractivity contribution in [1.29, 1.82) is 0 Å². The van der Waals surface area contributed by atoms with Crippen molar-refractivity contribution in [1.82, 2.24) is 29.6 Å². The maximum Gasteiger partial charge on any atom is 0.261 e. The fraction of sp³-hybridized carbons (Fsp3) is 0.680. The Morgan fingerprint density at radius 1 is 1.09 bits per heavy atom. The van der Waals surface area contributed by atoms with Crippen LogP contribution in [-0.2, 0) is 13.6 Å². The molecule has 3 heterocycles. The molecular weight excluding hydrogens is 400 g/mol. The Morgan fingerprint density at radius 3 is 2.44 bits per heavy atom. The second-order valence-corrected chi connectivity index (χ2v) is 9.99. The first kappa shape index (κ1) is 23.4. The Morgan fingerprint density at radius 2 is 1.78 bits per heavy atom. The molecule has 2 aliphatic heterocycles. The minimum Gasteiger partial charge on any atom is -0.309 e. The first-order valence-corrected chi connectivity index (χ1v) is 12.3. The van der Waals surface area contributed by atoms with Crippen LogP contribution >= 0.6 is 0 Å². The molecule has 2 fully saturated rings. The molecule has 2 aromatic rings. The summed E-state index contributed by atoms with van der Waals surface area (Å²) in [4.78, 5) is 25.8. The summed E-state index contributed by atoms with van der Waals surface area (Å²) >= 11 is 0. The van der Waals surface area contributed by atoms with E-state index in [9.17, 15) is 4.79 Å². The number of nitrogens with zero attached hydrogens (tertiary/aromatic N) is 5. The quantitative estimate of drug-likeness (QED) is 0.743. The van der Waals surface area contributed by atoms with Crippen molar-refractivity contribution in [2.24, 2.45) is 7.05 Å². The maximum atomic E-state index is 13.3. The molecule has 0 amide bonds. The molecule has 1 aromatic heterocycles. The first-order valence-electron chi connectivity index (χ1n) is 12.3. The summed E-state index contributed by atoms with van der Waals surface area (Å²) in [5, 5.41) is 4.34. The third-order valence-electron chi connectivity index (χ3n) is 7.06. The van der Waals surface area contributed by atoms with Gasteiger partial charge in [-0.2, -0.15) is 0 Å². The zero-order chi connectivity index (χ0) is 22.8. The topological polar surface area (TPSA) is 56.6 Å². The highest BCUT2D eigenvalue weighted by Gasteiger charge is 2.30. The number of piperazine rings is 2. The average Bonchev–Trinajstić information content (AvgIpc) is 2.75. The van der Waals surface area contributed by atoms with Gasteiger partial charge < -0.3 is 10.2 Å². The van der Waals surface area contributed by atoms with Gasteiger partial charge in [-0.15, -0.1) is 0 Å². The van der Waals surface area contributed by atoms with Crippen LogP contribution in [0.5, 0.6) is 0 Å². The minimum absolute atomic E-state index is 0.0634.